The van der Waals surface area contributed by atoms with Crippen molar-refractivity contribution >= 4 is 28.5 Å². The number of H-pyrrole nitrogens is 1. The highest BCUT2D eigenvalue weighted by atomic mass is 35.5. The lowest BCUT2D eigenvalue weighted by Gasteiger charge is -1.98. The Labute approximate surface area is 92.0 Å². The molecule has 0 fully saturated rings. The van der Waals surface area contributed by atoms with Crippen LogP contribution in [0.3, 0.4) is 0 Å². The van der Waals surface area contributed by atoms with Crippen LogP contribution in [-0.2, 0) is 16.0 Å². The molecule has 2 rings (SSSR count). The lowest BCUT2D eigenvalue weighted by molar-refractivity contribution is -0.139. The third kappa shape index (κ3) is 1.83. The predicted molar refractivity (Wildman–Crippen MR) is 59.0 cm³/mol. The van der Waals surface area contributed by atoms with E-state index in [-0.39, 0.29) is 12.4 Å². The number of para-hydroxylation sites is 1. The second kappa shape index (κ2) is 3.95. The summed E-state index contributed by atoms with van der Waals surface area (Å²) in [5, 5.41) is 1.47. The SMILES string of the molecule is COC(=O)Cc1c(Cl)[nH]c2ccccc12. The summed E-state index contributed by atoms with van der Waals surface area (Å²) in [6, 6.07) is 7.67. The van der Waals surface area contributed by atoms with E-state index in [0.29, 0.717) is 5.15 Å². The third-order valence-electron chi connectivity index (χ3n) is 2.31. The van der Waals surface area contributed by atoms with Crippen molar-refractivity contribution in [3.8, 4) is 0 Å². The van der Waals surface area contributed by atoms with E-state index in [1.54, 1.807) is 0 Å². The Morgan fingerprint density at radius 3 is 2.93 bits per heavy atom. The number of rotatable bonds is 2. The second-order valence-corrected chi connectivity index (χ2v) is 3.59. The van der Waals surface area contributed by atoms with Crippen molar-refractivity contribution in [1.29, 1.82) is 0 Å². The van der Waals surface area contributed by atoms with Gasteiger partial charge >= 0.3 is 5.97 Å². The number of fused-ring (bicyclic) bond motifs is 1. The van der Waals surface area contributed by atoms with E-state index < -0.39 is 0 Å². The van der Waals surface area contributed by atoms with Crippen LogP contribution in [0.5, 0.6) is 0 Å². The van der Waals surface area contributed by atoms with Crippen molar-refractivity contribution in [2.45, 2.75) is 6.42 Å². The van der Waals surface area contributed by atoms with Crippen LogP contribution in [0.2, 0.25) is 5.15 Å². The smallest absolute Gasteiger partial charge is 0.310 e. The van der Waals surface area contributed by atoms with E-state index in [0.717, 1.165) is 16.5 Å². The molecule has 1 N–H and O–H groups in total. The van der Waals surface area contributed by atoms with Crippen LogP contribution < -0.4 is 0 Å². The van der Waals surface area contributed by atoms with Crippen LogP contribution in [0.25, 0.3) is 10.9 Å². The minimum absolute atomic E-state index is 0.194. The van der Waals surface area contributed by atoms with E-state index in [2.05, 4.69) is 9.72 Å². The normalized spacial score (nSPS) is 10.5. The molecule has 0 spiro atoms. The highest BCUT2D eigenvalue weighted by Crippen LogP contribution is 2.26. The van der Waals surface area contributed by atoms with Gasteiger partial charge in [-0.15, -0.1) is 0 Å². The predicted octanol–water partition coefficient (Wildman–Crippen LogP) is 2.54. The lowest BCUT2D eigenvalue weighted by Crippen LogP contribution is -2.04. The first-order valence-electron chi connectivity index (χ1n) is 4.54. The molecule has 0 saturated heterocycles. The number of aromatic amines is 1. The number of carbonyl (C=O) groups is 1. The van der Waals surface area contributed by atoms with Crippen LogP contribution >= 0.6 is 11.6 Å². The first-order valence-corrected chi connectivity index (χ1v) is 4.92. The molecule has 0 amide bonds. The Balaban J connectivity index is 2.49. The fourth-order valence-electron chi connectivity index (χ4n) is 1.56. The van der Waals surface area contributed by atoms with Gasteiger partial charge in [0.25, 0.3) is 0 Å². The van der Waals surface area contributed by atoms with Gasteiger partial charge in [0.15, 0.2) is 0 Å². The van der Waals surface area contributed by atoms with Gasteiger partial charge in [0.2, 0.25) is 0 Å². The van der Waals surface area contributed by atoms with E-state index >= 15 is 0 Å². The van der Waals surface area contributed by atoms with E-state index in [1.165, 1.54) is 7.11 Å². The highest BCUT2D eigenvalue weighted by Gasteiger charge is 2.13. The van der Waals surface area contributed by atoms with Crippen molar-refractivity contribution in [3.05, 3.63) is 35.0 Å². The number of ether oxygens (including phenoxy) is 1. The molecule has 0 aliphatic heterocycles. The molecule has 0 saturated carbocycles. The molecule has 0 atom stereocenters. The molecule has 1 aromatic carbocycles. The Hall–Kier alpha value is -1.48. The monoisotopic (exact) mass is 223 g/mol. The zero-order chi connectivity index (χ0) is 10.8. The molecule has 0 bridgehead atoms. The topological polar surface area (TPSA) is 42.1 Å². The fourth-order valence-corrected chi connectivity index (χ4v) is 1.83. The van der Waals surface area contributed by atoms with E-state index in [9.17, 15) is 4.79 Å². The molecule has 3 nitrogen and oxygen atoms in total. The highest BCUT2D eigenvalue weighted by molar-refractivity contribution is 6.32. The van der Waals surface area contributed by atoms with Crippen LogP contribution in [0.4, 0.5) is 0 Å². The van der Waals surface area contributed by atoms with E-state index in [1.807, 2.05) is 24.3 Å². The summed E-state index contributed by atoms with van der Waals surface area (Å²) in [4.78, 5) is 14.2. The van der Waals surface area contributed by atoms with Crippen LogP contribution in [0, 0.1) is 0 Å². The van der Waals surface area contributed by atoms with Crippen molar-refractivity contribution in [3.63, 3.8) is 0 Å². The maximum atomic E-state index is 11.2. The second-order valence-electron chi connectivity index (χ2n) is 3.22. The minimum Gasteiger partial charge on any atom is -0.469 e. The Bertz CT molecular complexity index is 504. The molecule has 2 aromatic rings. The standard InChI is InChI=1S/C11H10ClNO2/c1-15-10(14)6-8-7-4-2-3-5-9(7)13-11(8)12/h2-5,13H,6H2,1H3. The maximum Gasteiger partial charge on any atom is 0.310 e. The molecular weight excluding hydrogens is 214 g/mol. The largest absolute Gasteiger partial charge is 0.469 e. The van der Waals surface area contributed by atoms with Crippen molar-refractivity contribution in [2.24, 2.45) is 0 Å². The molecule has 0 aliphatic carbocycles. The quantitative estimate of drug-likeness (QED) is 0.795. The number of hydrogen-bond acceptors (Lipinski definition) is 2. The molecule has 0 unspecified atom stereocenters. The number of methoxy groups -OCH3 is 1. The summed E-state index contributed by atoms with van der Waals surface area (Å²) in [6.07, 6.45) is 0.194. The summed E-state index contributed by atoms with van der Waals surface area (Å²) in [7, 11) is 1.37. The Morgan fingerprint density at radius 1 is 1.47 bits per heavy atom. The van der Waals surface area contributed by atoms with Crippen LogP contribution in [-0.4, -0.2) is 18.1 Å². The van der Waals surface area contributed by atoms with Crippen LogP contribution in [0.1, 0.15) is 5.56 Å². The third-order valence-corrected chi connectivity index (χ3v) is 2.63. The average Bonchev–Trinajstić information content (AvgIpc) is 2.55. The summed E-state index contributed by atoms with van der Waals surface area (Å²) in [5.41, 5.74) is 1.72. The lowest BCUT2D eigenvalue weighted by atomic mass is 10.1. The first-order chi connectivity index (χ1) is 7.22. The Kier molecular flexibility index (Phi) is 2.64. The summed E-state index contributed by atoms with van der Waals surface area (Å²) < 4.78 is 4.62. The van der Waals surface area contributed by atoms with Crippen molar-refractivity contribution < 1.29 is 9.53 Å². The molecule has 1 aromatic heterocycles. The Morgan fingerprint density at radius 2 is 2.20 bits per heavy atom. The van der Waals surface area contributed by atoms with Gasteiger partial charge in [-0.25, -0.2) is 0 Å². The number of halogens is 1. The number of aromatic nitrogens is 1. The molecule has 1 heterocycles. The number of carbonyl (C=O) groups excluding carboxylic acids is 1. The zero-order valence-corrected chi connectivity index (χ0v) is 8.97. The van der Waals surface area contributed by atoms with Crippen LogP contribution in [0.15, 0.2) is 24.3 Å². The van der Waals surface area contributed by atoms with Gasteiger partial charge in [0.05, 0.1) is 13.5 Å². The fraction of sp³-hybridized carbons (Fsp3) is 0.182. The van der Waals surface area contributed by atoms with Crippen molar-refractivity contribution in [2.75, 3.05) is 7.11 Å². The molecule has 15 heavy (non-hydrogen) atoms. The summed E-state index contributed by atoms with van der Waals surface area (Å²) in [6.45, 7) is 0. The van der Waals surface area contributed by atoms with Gasteiger partial charge in [0, 0.05) is 16.5 Å². The van der Waals surface area contributed by atoms with Crippen molar-refractivity contribution in [1.82, 2.24) is 4.98 Å². The van der Waals surface area contributed by atoms with Gasteiger partial charge in [0.1, 0.15) is 5.15 Å². The van der Waals surface area contributed by atoms with Gasteiger partial charge < -0.3 is 9.72 Å². The van der Waals surface area contributed by atoms with Gasteiger partial charge in [-0.3, -0.25) is 4.79 Å². The van der Waals surface area contributed by atoms with E-state index in [4.69, 9.17) is 11.6 Å². The number of benzene rings is 1. The molecule has 78 valence electrons. The number of hydrogen-bond donors (Lipinski definition) is 1. The maximum absolute atomic E-state index is 11.2. The number of esters is 1. The first kappa shape index (κ1) is 10.1. The summed E-state index contributed by atoms with van der Waals surface area (Å²) >= 11 is 6.01. The molecular formula is C11H10ClNO2. The zero-order valence-electron chi connectivity index (χ0n) is 8.21. The van der Waals surface area contributed by atoms with Gasteiger partial charge in [-0.1, -0.05) is 29.8 Å². The van der Waals surface area contributed by atoms with Gasteiger partial charge in [-0.2, -0.15) is 0 Å². The average molecular weight is 224 g/mol. The minimum atomic E-state index is -0.290. The molecule has 4 heteroatoms. The summed E-state index contributed by atoms with van der Waals surface area (Å²) in [5.74, 6) is -0.290. The molecule has 0 radical (unpaired) electrons. The van der Waals surface area contributed by atoms with Gasteiger partial charge in [-0.05, 0) is 6.07 Å². The number of nitrogens with one attached hydrogen (secondary N) is 1. The molecule has 0 aliphatic rings.